The minimum absolute atomic E-state index is 0.341. The molecule has 0 bridgehead atoms. The number of rotatable bonds is 3. The van der Waals surface area contributed by atoms with Gasteiger partial charge in [0.2, 0.25) is 0 Å². The molecule has 18 heavy (non-hydrogen) atoms. The first-order chi connectivity index (χ1) is 8.52. The molecule has 0 spiro atoms. The summed E-state index contributed by atoms with van der Waals surface area (Å²) in [6.45, 7) is 0. The maximum Gasteiger partial charge on any atom is 0.134 e. The Balaban J connectivity index is 2.51. The van der Waals surface area contributed by atoms with Gasteiger partial charge in [0.25, 0.3) is 0 Å². The van der Waals surface area contributed by atoms with Gasteiger partial charge in [-0.05, 0) is 0 Å². The molecule has 1 heterocycles. The van der Waals surface area contributed by atoms with Crippen LogP contribution in [0.1, 0.15) is 17.2 Å². The van der Waals surface area contributed by atoms with Crippen molar-refractivity contribution in [2.24, 2.45) is 12.9 Å². The van der Waals surface area contributed by atoms with Crippen molar-refractivity contribution in [2.75, 3.05) is 0 Å². The van der Waals surface area contributed by atoms with Gasteiger partial charge >= 0.3 is 0 Å². The predicted octanol–water partition coefficient (Wildman–Crippen LogP) is 1.39. The summed E-state index contributed by atoms with van der Waals surface area (Å²) < 4.78 is 41.6. The number of nitrogens with one attached hydrogen (secondary N) is 1. The fourth-order valence-electron chi connectivity index (χ4n) is 1.76. The van der Waals surface area contributed by atoms with Crippen molar-refractivity contribution in [3.05, 3.63) is 53.1 Å². The number of hydrogen-bond acceptors (Lipinski definition) is 3. The molecule has 2 aromatic rings. The van der Waals surface area contributed by atoms with Crippen molar-refractivity contribution in [3.8, 4) is 0 Å². The minimum atomic E-state index is -1.00. The molecule has 96 valence electrons. The van der Waals surface area contributed by atoms with Gasteiger partial charge in [-0.3, -0.25) is 10.5 Å². The molecule has 1 unspecified atom stereocenters. The molecular formula is C11H11F3N4. The maximum atomic E-state index is 13.6. The second-order valence-electron chi connectivity index (χ2n) is 3.83. The van der Waals surface area contributed by atoms with Crippen molar-refractivity contribution in [1.82, 2.24) is 15.2 Å². The Kier molecular flexibility index (Phi) is 3.35. The normalized spacial score (nSPS) is 12.7. The summed E-state index contributed by atoms with van der Waals surface area (Å²) in [5.74, 6) is 2.33. The quantitative estimate of drug-likeness (QED) is 0.644. The lowest BCUT2D eigenvalue weighted by atomic mass is 10.0. The van der Waals surface area contributed by atoms with Crippen molar-refractivity contribution in [1.29, 1.82) is 0 Å². The van der Waals surface area contributed by atoms with Crippen molar-refractivity contribution >= 4 is 0 Å². The summed E-state index contributed by atoms with van der Waals surface area (Å²) in [4.78, 5) is 0. The second kappa shape index (κ2) is 4.79. The average molecular weight is 256 g/mol. The first-order valence-corrected chi connectivity index (χ1v) is 5.12. The number of nitrogens with zero attached hydrogens (tertiary/aromatic N) is 2. The van der Waals surface area contributed by atoms with Gasteiger partial charge in [0.05, 0.1) is 12.2 Å². The number of hydrazine groups is 1. The van der Waals surface area contributed by atoms with Crippen LogP contribution in [-0.4, -0.2) is 9.78 Å². The van der Waals surface area contributed by atoms with Crippen LogP contribution in [0.4, 0.5) is 13.2 Å². The lowest BCUT2D eigenvalue weighted by Gasteiger charge is -2.16. The van der Waals surface area contributed by atoms with Crippen LogP contribution in [-0.2, 0) is 7.05 Å². The maximum absolute atomic E-state index is 13.6. The van der Waals surface area contributed by atoms with Gasteiger partial charge in [0, 0.05) is 36.5 Å². The van der Waals surface area contributed by atoms with Gasteiger partial charge in [0.1, 0.15) is 17.5 Å². The van der Waals surface area contributed by atoms with Crippen LogP contribution < -0.4 is 11.3 Å². The molecule has 1 aromatic heterocycles. The molecule has 0 aliphatic carbocycles. The first-order valence-electron chi connectivity index (χ1n) is 5.12. The highest BCUT2D eigenvalue weighted by atomic mass is 19.1. The fraction of sp³-hybridized carbons (Fsp3) is 0.182. The van der Waals surface area contributed by atoms with E-state index in [1.165, 1.54) is 10.9 Å². The lowest BCUT2D eigenvalue weighted by molar-refractivity contribution is 0.492. The molecule has 0 fully saturated rings. The van der Waals surface area contributed by atoms with Crippen LogP contribution >= 0.6 is 0 Å². The summed E-state index contributed by atoms with van der Waals surface area (Å²) in [7, 11) is 1.66. The summed E-state index contributed by atoms with van der Waals surface area (Å²) >= 11 is 0. The van der Waals surface area contributed by atoms with Crippen molar-refractivity contribution in [3.63, 3.8) is 0 Å². The molecule has 0 amide bonds. The Morgan fingerprint density at radius 1 is 1.28 bits per heavy atom. The highest BCUT2D eigenvalue weighted by Gasteiger charge is 2.23. The Labute approximate surface area is 101 Å². The molecule has 1 aromatic carbocycles. The van der Waals surface area contributed by atoms with E-state index in [0.29, 0.717) is 17.7 Å². The Morgan fingerprint density at radius 2 is 1.89 bits per heavy atom. The monoisotopic (exact) mass is 256 g/mol. The zero-order valence-corrected chi connectivity index (χ0v) is 9.49. The average Bonchev–Trinajstić information content (AvgIpc) is 2.69. The third kappa shape index (κ3) is 2.22. The molecular weight excluding hydrogens is 245 g/mol. The molecule has 0 aliphatic rings. The standard InChI is InChI=1S/C11H11F3N4/c1-18-5-6(4-16-18)11(17-15)10-8(13)2-7(12)3-9(10)14/h2-5,11,17H,15H2,1H3. The van der Waals surface area contributed by atoms with Gasteiger partial charge < -0.3 is 0 Å². The molecule has 0 radical (unpaired) electrons. The van der Waals surface area contributed by atoms with E-state index in [0.717, 1.165) is 0 Å². The molecule has 3 N–H and O–H groups in total. The molecule has 2 rings (SSSR count). The van der Waals surface area contributed by atoms with Crippen LogP contribution in [0.2, 0.25) is 0 Å². The van der Waals surface area contributed by atoms with E-state index in [1.54, 1.807) is 13.2 Å². The van der Waals surface area contributed by atoms with E-state index >= 15 is 0 Å². The molecule has 0 saturated carbocycles. The van der Waals surface area contributed by atoms with Gasteiger partial charge in [-0.1, -0.05) is 0 Å². The van der Waals surface area contributed by atoms with E-state index in [2.05, 4.69) is 10.5 Å². The van der Waals surface area contributed by atoms with Gasteiger partial charge in [-0.15, -0.1) is 0 Å². The third-order valence-corrected chi connectivity index (χ3v) is 2.56. The minimum Gasteiger partial charge on any atom is -0.275 e. The molecule has 4 nitrogen and oxygen atoms in total. The number of aryl methyl sites for hydroxylation is 1. The van der Waals surface area contributed by atoms with E-state index in [1.807, 2.05) is 0 Å². The number of aromatic nitrogens is 2. The summed E-state index contributed by atoms with van der Waals surface area (Å²) in [5, 5.41) is 3.89. The van der Waals surface area contributed by atoms with E-state index < -0.39 is 23.5 Å². The predicted molar refractivity (Wildman–Crippen MR) is 58.7 cm³/mol. The van der Waals surface area contributed by atoms with Crippen molar-refractivity contribution in [2.45, 2.75) is 6.04 Å². The Hall–Kier alpha value is -1.86. The highest BCUT2D eigenvalue weighted by molar-refractivity contribution is 5.31. The van der Waals surface area contributed by atoms with Crippen LogP contribution in [0.3, 0.4) is 0 Å². The van der Waals surface area contributed by atoms with Gasteiger partial charge in [-0.25, -0.2) is 18.6 Å². The largest absolute Gasteiger partial charge is 0.275 e. The SMILES string of the molecule is Cn1cc(C(NN)c2c(F)cc(F)cc2F)cn1. The number of hydrogen-bond donors (Lipinski definition) is 2. The number of benzene rings is 1. The van der Waals surface area contributed by atoms with E-state index in [9.17, 15) is 13.2 Å². The van der Waals surface area contributed by atoms with Crippen LogP contribution in [0.25, 0.3) is 0 Å². The van der Waals surface area contributed by atoms with Crippen LogP contribution in [0.5, 0.6) is 0 Å². The Bertz CT molecular complexity index is 544. The summed E-state index contributed by atoms with van der Waals surface area (Å²) in [6, 6.07) is 0.289. The van der Waals surface area contributed by atoms with Crippen LogP contribution in [0, 0.1) is 17.5 Å². The summed E-state index contributed by atoms with van der Waals surface area (Å²) in [6.07, 6.45) is 2.99. The zero-order chi connectivity index (χ0) is 13.3. The fourth-order valence-corrected chi connectivity index (χ4v) is 1.76. The van der Waals surface area contributed by atoms with Crippen LogP contribution in [0.15, 0.2) is 24.5 Å². The Morgan fingerprint density at radius 3 is 2.33 bits per heavy atom. The first kappa shape index (κ1) is 12.6. The topological polar surface area (TPSA) is 55.9 Å². The van der Waals surface area contributed by atoms with Gasteiger partial charge in [0.15, 0.2) is 0 Å². The smallest absolute Gasteiger partial charge is 0.134 e. The van der Waals surface area contributed by atoms with Gasteiger partial charge in [-0.2, -0.15) is 5.10 Å². The van der Waals surface area contributed by atoms with Crippen molar-refractivity contribution < 1.29 is 13.2 Å². The second-order valence-corrected chi connectivity index (χ2v) is 3.83. The summed E-state index contributed by atoms with van der Waals surface area (Å²) in [5.41, 5.74) is 2.43. The third-order valence-electron chi connectivity index (χ3n) is 2.56. The molecule has 0 aliphatic heterocycles. The lowest BCUT2D eigenvalue weighted by Crippen LogP contribution is -2.30. The zero-order valence-electron chi connectivity index (χ0n) is 9.49. The molecule has 0 saturated heterocycles. The number of nitrogens with two attached hydrogens (primary N) is 1. The highest BCUT2D eigenvalue weighted by Crippen LogP contribution is 2.26. The van der Waals surface area contributed by atoms with E-state index in [4.69, 9.17) is 5.84 Å². The van der Waals surface area contributed by atoms with E-state index in [-0.39, 0.29) is 5.56 Å². The number of halogens is 3. The molecule has 7 heteroatoms. The molecule has 1 atom stereocenters.